The van der Waals surface area contributed by atoms with Gasteiger partial charge in [-0.2, -0.15) is 0 Å². The molecular weight excluding hydrogens is 207 g/mol. The minimum atomic E-state index is -0.319. The quantitative estimate of drug-likeness (QED) is 0.846. The number of halogens is 1. The molecule has 16 heavy (non-hydrogen) atoms. The van der Waals surface area contributed by atoms with Crippen LogP contribution < -0.4 is 10.2 Å². The minimum absolute atomic E-state index is 0.0194. The van der Waals surface area contributed by atoms with Crippen molar-refractivity contribution in [2.45, 2.75) is 19.4 Å². The first-order chi connectivity index (χ1) is 7.65. The molecule has 1 N–H and O–H groups in total. The minimum Gasteiger partial charge on any atom is -0.313 e. The Balaban J connectivity index is 2.34. The maximum atomic E-state index is 13.1. The predicted octanol–water partition coefficient (Wildman–Crippen LogP) is 1.84. The van der Waals surface area contributed by atoms with Crippen molar-refractivity contribution in [1.29, 1.82) is 0 Å². The van der Waals surface area contributed by atoms with Gasteiger partial charge < -0.3 is 10.2 Å². The first kappa shape index (κ1) is 11.1. The van der Waals surface area contributed by atoms with Crippen LogP contribution in [0.2, 0.25) is 0 Å². The average molecular weight is 222 g/mol. The van der Waals surface area contributed by atoms with Crippen LogP contribution in [0.4, 0.5) is 10.1 Å². The standard InChI is InChI=1S/C12H15FN2O/c1-3-6-14-11-9-5-4-8(13)7-10(9)15(2)12(11)16/h4-5,7,11,14H,3,6H2,1-2H3. The van der Waals surface area contributed by atoms with Gasteiger partial charge in [-0.15, -0.1) is 0 Å². The van der Waals surface area contributed by atoms with Crippen molar-refractivity contribution in [2.24, 2.45) is 0 Å². The van der Waals surface area contributed by atoms with Gasteiger partial charge in [0.05, 0.1) is 5.69 Å². The van der Waals surface area contributed by atoms with E-state index in [0.717, 1.165) is 18.5 Å². The van der Waals surface area contributed by atoms with E-state index >= 15 is 0 Å². The molecule has 4 heteroatoms. The molecule has 3 nitrogen and oxygen atoms in total. The van der Waals surface area contributed by atoms with Crippen LogP contribution in [0, 0.1) is 5.82 Å². The summed E-state index contributed by atoms with van der Waals surface area (Å²) in [6.07, 6.45) is 0.962. The highest BCUT2D eigenvalue weighted by molar-refractivity contribution is 6.04. The lowest BCUT2D eigenvalue weighted by Crippen LogP contribution is -2.32. The third-order valence-electron chi connectivity index (χ3n) is 2.84. The number of amides is 1. The molecule has 1 aliphatic heterocycles. The normalized spacial score (nSPS) is 19.1. The Bertz CT molecular complexity index is 419. The van der Waals surface area contributed by atoms with Crippen LogP contribution in [-0.2, 0) is 4.79 Å². The van der Waals surface area contributed by atoms with E-state index in [0.29, 0.717) is 5.69 Å². The largest absolute Gasteiger partial charge is 0.313 e. The summed E-state index contributed by atoms with van der Waals surface area (Å²) in [5, 5.41) is 3.17. The van der Waals surface area contributed by atoms with Gasteiger partial charge in [0, 0.05) is 12.6 Å². The number of rotatable bonds is 3. The van der Waals surface area contributed by atoms with E-state index in [2.05, 4.69) is 5.32 Å². The molecule has 1 aromatic carbocycles. The number of fused-ring (bicyclic) bond motifs is 1. The van der Waals surface area contributed by atoms with E-state index in [1.807, 2.05) is 6.92 Å². The highest BCUT2D eigenvalue weighted by atomic mass is 19.1. The Morgan fingerprint density at radius 2 is 2.25 bits per heavy atom. The Hall–Kier alpha value is -1.42. The van der Waals surface area contributed by atoms with Gasteiger partial charge in [-0.25, -0.2) is 4.39 Å². The Labute approximate surface area is 94.3 Å². The summed E-state index contributed by atoms with van der Waals surface area (Å²) in [7, 11) is 1.67. The molecule has 2 rings (SSSR count). The Morgan fingerprint density at radius 1 is 1.50 bits per heavy atom. The maximum Gasteiger partial charge on any atom is 0.248 e. The molecule has 1 unspecified atom stereocenters. The number of hydrogen-bond donors (Lipinski definition) is 1. The molecule has 0 radical (unpaired) electrons. The third-order valence-corrected chi connectivity index (χ3v) is 2.84. The maximum absolute atomic E-state index is 13.1. The van der Waals surface area contributed by atoms with Crippen LogP contribution in [0.3, 0.4) is 0 Å². The summed E-state index contributed by atoms with van der Waals surface area (Å²) < 4.78 is 13.1. The highest BCUT2D eigenvalue weighted by Gasteiger charge is 2.34. The van der Waals surface area contributed by atoms with Crippen LogP contribution >= 0.6 is 0 Å². The molecule has 0 aromatic heterocycles. The summed E-state index contributed by atoms with van der Waals surface area (Å²) in [6.45, 7) is 2.82. The molecule has 1 aliphatic rings. The Morgan fingerprint density at radius 3 is 2.94 bits per heavy atom. The average Bonchev–Trinajstić information content (AvgIpc) is 2.50. The lowest BCUT2D eigenvalue weighted by molar-refractivity contribution is -0.119. The first-order valence-corrected chi connectivity index (χ1v) is 5.45. The first-order valence-electron chi connectivity index (χ1n) is 5.45. The second-order valence-electron chi connectivity index (χ2n) is 3.99. The van der Waals surface area contributed by atoms with Crippen molar-refractivity contribution < 1.29 is 9.18 Å². The van der Waals surface area contributed by atoms with Crippen molar-refractivity contribution in [3.8, 4) is 0 Å². The summed E-state index contributed by atoms with van der Waals surface area (Å²) in [5.41, 5.74) is 1.53. The highest BCUT2D eigenvalue weighted by Crippen LogP contribution is 2.35. The van der Waals surface area contributed by atoms with Gasteiger partial charge in [-0.3, -0.25) is 4.79 Å². The van der Waals surface area contributed by atoms with Crippen LogP contribution in [0.25, 0.3) is 0 Å². The fourth-order valence-corrected chi connectivity index (χ4v) is 1.98. The SMILES string of the molecule is CCCNC1C(=O)N(C)c2cc(F)ccc21. The molecule has 1 aromatic rings. The number of nitrogens with one attached hydrogen (secondary N) is 1. The van der Waals surface area contributed by atoms with E-state index in [1.165, 1.54) is 17.0 Å². The van der Waals surface area contributed by atoms with Crippen LogP contribution in [0.15, 0.2) is 18.2 Å². The van der Waals surface area contributed by atoms with Crippen molar-refractivity contribution >= 4 is 11.6 Å². The molecule has 1 heterocycles. The summed E-state index contributed by atoms with van der Waals surface area (Å²) >= 11 is 0. The third kappa shape index (κ3) is 1.69. The zero-order chi connectivity index (χ0) is 11.7. The molecule has 0 fully saturated rings. The lowest BCUT2D eigenvalue weighted by Gasteiger charge is -2.11. The molecular formula is C12H15FN2O. The molecule has 0 saturated heterocycles. The number of hydrogen-bond acceptors (Lipinski definition) is 2. The monoisotopic (exact) mass is 222 g/mol. The van der Waals surface area contributed by atoms with Crippen LogP contribution in [0.5, 0.6) is 0 Å². The number of anilines is 1. The number of benzene rings is 1. The van der Waals surface area contributed by atoms with E-state index in [1.54, 1.807) is 13.1 Å². The van der Waals surface area contributed by atoms with Gasteiger partial charge in [0.15, 0.2) is 0 Å². The van der Waals surface area contributed by atoms with Crippen molar-refractivity contribution in [3.05, 3.63) is 29.6 Å². The van der Waals surface area contributed by atoms with Crippen LogP contribution in [-0.4, -0.2) is 19.5 Å². The predicted molar refractivity (Wildman–Crippen MR) is 60.8 cm³/mol. The number of carbonyl (C=O) groups is 1. The van der Waals surface area contributed by atoms with E-state index < -0.39 is 0 Å². The van der Waals surface area contributed by atoms with Gasteiger partial charge in [-0.05, 0) is 25.1 Å². The second-order valence-corrected chi connectivity index (χ2v) is 3.99. The van der Waals surface area contributed by atoms with Crippen molar-refractivity contribution in [1.82, 2.24) is 5.32 Å². The van der Waals surface area contributed by atoms with Gasteiger partial charge in [0.2, 0.25) is 5.91 Å². The van der Waals surface area contributed by atoms with Gasteiger partial charge in [-0.1, -0.05) is 13.0 Å². The summed E-state index contributed by atoms with van der Waals surface area (Å²) in [4.78, 5) is 13.4. The number of carbonyl (C=O) groups excluding carboxylic acids is 1. The van der Waals surface area contributed by atoms with Gasteiger partial charge >= 0.3 is 0 Å². The van der Waals surface area contributed by atoms with Crippen molar-refractivity contribution in [3.63, 3.8) is 0 Å². The van der Waals surface area contributed by atoms with E-state index in [4.69, 9.17) is 0 Å². The molecule has 86 valence electrons. The number of likely N-dealkylation sites (N-methyl/N-ethyl adjacent to an activating group) is 1. The summed E-state index contributed by atoms with van der Waals surface area (Å²) in [6, 6.07) is 4.16. The zero-order valence-electron chi connectivity index (χ0n) is 9.46. The molecule has 1 amide bonds. The van der Waals surface area contributed by atoms with Gasteiger partial charge in [0.25, 0.3) is 0 Å². The smallest absolute Gasteiger partial charge is 0.248 e. The topological polar surface area (TPSA) is 32.3 Å². The zero-order valence-corrected chi connectivity index (χ0v) is 9.46. The second kappa shape index (κ2) is 4.22. The van der Waals surface area contributed by atoms with Gasteiger partial charge in [0.1, 0.15) is 11.9 Å². The molecule has 0 bridgehead atoms. The fraction of sp³-hybridized carbons (Fsp3) is 0.417. The Kier molecular flexibility index (Phi) is 2.92. The number of nitrogens with zero attached hydrogens (tertiary/aromatic N) is 1. The molecule has 0 aliphatic carbocycles. The van der Waals surface area contributed by atoms with Crippen molar-refractivity contribution in [2.75, 3.05) is 18.5 Å². The van der Waals surface area contributed by atoms with E-state index in [9.17, 15) is 9.18 Å². The lowest BCUT2D eigenvalue weighted by atomic mass is 10.1. The summed E-state index contributed by atoms with van der Waals surface area (Å²) in [5.74, 6) is -0.330. The fourth-order valence-electron chi connectivity index (χ4n) is 1.98. The molecule has 1 atom stereocenters. The van der Waals surface area contributed by atoms with E-state index in [-0.39, 0.29) is 17.8 Å². The molecule has 0 spiro atoms. The molecule has 0 saturated carbocycles. The van der Waals surface area contributed by atoms with Crippen LogP contribution in [0.1, 0.15) is 24.9 Å².